The minimum atomic E-state index is -0.486. The lowest BCUT2D eigenvalue weighted by Crippen LogP contribution is -2.38. The van der Waals surface area contributed by atoms with Gasteiger partial charge in [0.15, 0.2) is 0 Å². The summed E-state index contributed by atoms with van der Waals surface area (Å²) >= 11 is 0. The lowest BCUT2D eigenvalue weighted by atomic mass is 10.1. The van der Waals surface area contributed by atoms with Crippen LogP contribution in [0.15, 0.2) is 30.3 Å². The predicted molar refractivity (Wildman–Crippen MR) is 80.3 cm³/mol. The first kappa shape index (κ1) is 17.8. The molecule has 1 unspecified atom stereocenters. The predicted octanol–water partition coefficient (Wildman–Crippen LogP) is 1.47. The summed E-state index contributed by atoms with van der Waals surface area (Å²) in [6.07, 6.45) is 2.88. The summed E-state index contributed by atoms with van der Waals surface area (Å²) in [6.45, 7) is 1.71. The lowest BCUT2D eigenvalue weighted by Gasteiger charge is -2.22. The number of hydrogen-bond donors (Lipinski definition) is 1. The molecule has 0 aliphatic carbocycles. The van der Waals surface area contributed by atoms with Gasteiger partial charge in [-0.25, -0.2) is 4.39 Å². The smallest absolute Gasteiger partial charge is 0.310 e. The first-order valence-corrected chi connectivity index (χ1v) is 6.89. The third-order valence-electron chi connectivity index (χ3n) is 3.07. The highest BCUT2D eigenvalue weighted by molar-refractivity contribution is 5.92. The van der Waals surface area contributed by atoms with E-state index in [1.54, 1.807) is 25.1 Å². The number of rotatable bonds is 7. The number of methoxy groups -OCH3 is 1. The van der Waals surface area contributed by atoms with Gasteiger partial charge in [0.25, 0.3) is 0 Å². The van der Waals surface area contributed by atoms with Gasteiger partial charge in [0, 0.05) is 19.2 Å². The maximum atomic E-state index is 12.8. The molecule has 1 N–H and O–H groups in total. The second-order valence-corrected chi connectivity index (χ2v) is 4.82. The van der Waals surface area contributed by atoms with E-state index in [1.807, 2.05) is 0 Å². The van der Waals surface area contributed by atoms with Crippen LogP contribution in [-0.4, -0.2) is 48.7 Å². The van der Waals surface area contributed by atoms with Gasteiger partial charge in [-0.1, -0.05) is 19.1 Å². The van der Waals surface area contributed by atoms with Crippen molar-refractivity contribution < 1.29 is 23.8 Å². The van der Waals surface area contributed by atoms with Crippen LogP contribution in [0.25, 0.3) is 6.08 Å². The van der Waals surface area contributed by atoms with Gasteiger partial charge in [0.1, 0.15) is 5.82 Å². The molecule has 0 aliphatic heterocycles. The summed E-state index contributed by atoms with van der Waals surface area (Å²) in [6, 6.07) is 5.70. The molecular formula is C16H20FNO4. The average Bonchev–Trinajstić information content (AvgIpc) is 2.52. The van der Waals surface area contributed by atoms with E-state index in [4.69, 9.17) is 5.11 Å². The zero-order chi connectivity index (χ0) is 16.5. The topological polar surface area (TPSA) is 66.8 Å². The Bertz CT molecular complexity index is 527. The monoisotopic (exact) mass is 309 g/mol. The van der Waals surface area contributed by atoms with E-state index in [1.165, 1.54) is 30.2 Å². The molecule has 0 radical (unpaired) electrons. The van der Waals surface area contributed by atoms with Crippen molar-refractivity contribution in [2.75, 3.05) is 26.8 Å². The van der Waals surface area contributed by atoms with E-state index in [9.17, 15) is 14.0 Å². The molecule has 0 bridgehead atoms. The van der Waals surface area contributed by atoms with Gasteiger partial charge in [0.05, 0.1) is 19.6 Å². The van der Waals surface area contributed by atoms with E-state index in [0.717, 1.165) is 0 Å². The van der Waals surface area contributed by atoms with Crippen LogP contribution in [0.5, 0.6) is 0 Å². The number of esters is 1. The Morgan fingerprint density at radius 1 is 1.36 bits per heavy atom. The van der Waals surface area contributed by atoms with E-state index in [2.05, 4.69) is 4.74 Å². The van der Waals surface area contributed by atoms with Gasteiger partial charge in [-0.3, -0.25) is 9.59 Å². The van der Waals surface area contributed by atoms with Gasteiger partial charge in [-0.2, -0.15) is 0 Å². The van der Waals surface area contributed by atoms with Crippen molar-refractivity contribution in [3.05, 3.63) is 41.7 Å². The number of amides is 1. The van der Waals surface area contributed by atoms with Gasteiger partial charge in [-0.15, -0.1) is 0 Å². The summed E-state index contributed by atoms with van der Waals surface area (Å²) in [4.78, 5) is 24.9. The zero-order valence-corrected chi connectivity index (χ0v) is 12.7. The number of aliphatic hydroxyl groups excluding tert-OH is 1. The summed E-state index contributed by atoms with van der Waals surface area (Å²) in [7, 11) is 1.28. The molecule has 6 heteroatoms. The van der Waals surface area contributed by atoms with Crippen molar-refractivity contribution in [2.24, 2.45) is 5.92 Å². The number of halogens is 1. The molecule has 0 aromatic heterocycles. The van der Waals surface area contributed by atoms with Crippen LogP contribution in [0.2, 0.25) is 0 Å². The highest BCUT2D eigenvalue weighted by Gasteiger charge is 2.19. The maximum Gasteiger partial charge on any atom is 0.310 e. The summed E-state index contributed by atoms with van der Waals surface area (Å²) < 4.78 is 17.4. The molecule has 0 aliphatic rings. The maximum absolute atomic E-state index is 12.8. The van der Waals surface area contributed by atoms with Crippen LogP contribution in [-0.2, 0) is 14.3 Å². The Labute approximate surface area is 129 Å². The Morgan fingerprint density at radius 3 is 2.55 bits per heavy atom. The normalized spacial score (nSPS) is 12.2. The molecule has 1 amide bonds. The van der Waals surface area contributed by atoms with Gasteiger partial charge >= 0.3 is 5.97 Å². The summed E-state index contributed by atoms with van der Waals surface area (Å²) in [5, 5.41) is 9.03. The molecule has 0 saturated carbocycles. The molecule has 5 nitrogen and oxygen atoms in total. The highest BCUT2D eigenvalue weighted by atomic mass is 19.1. The summed E-state index contributed by atoms with van der Waals surface area (Å²) in [5.41, 5.74) is 0.680. The van der Waals surface area contributed by atoms with E-state index >= 15 is 0 Å². The van der Waals surface area contributed by atoms with Crippen molar-refractivity contribution in [3.63, 3.8) is 0 Å². The molecule has 1 rings (SSSR count). The van der Waals surface area contributed by atoms with Crippen molar-refractivity contribution in [3.8, 4) is 0 Å². The van der Waals surface area contributed by atoms with Crippen molar-refractivity contribution >= 4 is 18.0 Å². The molecule has 0 fully saturated rings. The second-order valence-electron chi connectivity index (χ2n) is 4.82. The van der Waals surface area contributed by atoms with Gasteiger partial charge in [0.2, 0.25) is 5.91 Å². The zero-order valence-electron chi connectivity index (χ0n) is 12.7. The molecule has 1 aromatic rings. The summed E-state index contributed by atoms with van der Waals surface area (Å²) in [5.74, 6) is -1.59. The van der Waals surface area contributed by atoms with Crippen LogP contribution in [0.3, 0.4) is 0 Å². The number of ether oxygens (including phenoxy) is 1. The second kappa shape index (κ2) is 8.94. The number of hydrogen-bond acceptors (Lipinski definition) is 4. The van der Waals surface area contributed by atoms with Crippen LogP contribution >= 0.6 is 0 Å². The third-order valence-corrected chi connectivity index (χ3v) is 3.07. The number of aliphatic hydroxyl groups is 1. The molecule has 22 heavy (non-hydrogen) atoms. The number of carbonyl (C=O) groups excluding carboxylic acids is 2. The van der Waals surface area contributed by atoms with Crippen molar-refractivity contribution in [1.82, 2.24) is 4.90 Å². The minimum absolute atomic E-state index is 0.119. The van der Waals surface area contributed by atoms with Crippen LogP contribution in [0.4, 0.5) is 4.39 Å². The average molecular weight is 309 g/mol. The lowest BCUT2D eigenvalue weighted by molar-refractivity contribution is -0.146. The highest BCUT2D eigenvalue weighted by Crippen LogP contribution is 2.07. The van der Waals surface area contributed by atoms with E-state index in [0.29, 0.717) is 5.56 Å². The van der Waals surface area contributed by atoms with Crippen LogP contribution < -0.4 is 0 Å². The Morgan fingerprint density at radius 2 is 2.00 bits per heavy atom. The van der Waals surface area contributed by atoms with Crippen molar-refractivity contribution in [2.45, 2.75) is 6.92 Å². The first-order valence-electron chi connectivity index (χ1n) is 6.89. The first-order chi connectivity index (χ1) is 10.5. The van der Waals surface area contributed by atoms with Gasteiger partial charge < -0.3 is 14.7 Å². The van der Waals surface area contributed by atoms with E-state index in [-0.39, 0.29) is 31.4 Å². The molecule has 1 atom stereocenters. The molecule has 0 spiro atoms. The fraction of sp³-hybridized carbons (Fsp3) is 0.375. The Balaban J connectivity index is 2.71. The molecule has 0 saturated heterocycles. The molecule has 1 aromatic carbocycles. The molecule has 120 valence electrons. The quantitative estimate of drug-likeness (QED) is 0.612. The van der Waals surface area contributed by atoms with Crippen LogP contribution in [0, 0.1) is 11.7 Å². The van der Waals surface area contributed by atoms with Crippen LogP contribution in [0.1, 0.15) is 12.5 Å². The molecular weight excluding hydrogens is 289 g/mol. The molecule has 0 heterocycles. The number of nitrogens with zero attached hydrogens (tertiary/aromatic N) is 1. The van der Waals surface area contributed by atoms with Crippen molar-refractivity contribution in [1.29, 1.82) is 0 Å². The SMILES string of the molecule is COC(=O)C(C)CN(CCO)C(=O)/C=C/c1ccc(F)cc1. The largest absolute Gasteiger partial charge is 0.469 e. The Hall–Kier alpha value is -2.21. The van der Waals surface area contributed by atoms with E-state index < -0.39 is 11.9 Å². The van der Waals surface area contributed by atoms with Gasteiger partial charge in [-0.05, 0) is 23.8 Å². The Kier molecular flexibility index (Phi) is 7.25. The number of benzene rings is 1. The standard InChI is InChI=1S/C16H20FNO4/c1-12(16(21)22-2)11-18(9-10-19)15(20)8-5-13-3-6-14(17)7-4-13/h3-8,12,19H,9-11H2,1-2H3/b8-5+. The number of carbonyl (C=O) groups is 2. The minimum Gasteiger partial charge on any atom is -0.469 e. The third kappa shape index (κ3) is 5.65. The fourth-order valence-electron chi connectivity index (χ4n) is 1.87. The fourth-order valence-corrected chi connectivity index (χ4v) is 1.87.